The number of hydrogen-bond acceptors (Lipinski definition) is 2. The summed E-state index contributed by atoms with van der Waals surface area (Å²) < 4.78 is 2.11. The van der Waals surface area contributed by atoms with Crippen LogP contribution in [0.3, 0.4) is 0 Å². The fourth-order valence-corrected chi connectivity index (χ4v) is 3.07. The van der Waals surface area contributed by atoms with Crippen LogP contribution < -0.4 is 11.1 Å². The molecule has 0 fully saturated rings. The van der Waals surface area contributed by atoms with Crippen LogP contribution in [0.2, 0.25) is 0 Å². The molecule has 2 amide bonds. The Hall–Kier alpha value is -3.08. The van der Waals surface area contributed by atoms with Gasteiger partial charge in [-0.25, -0.2) is 0 Å². The second kappa shape index (κ2) is 7.21. The smallest absolute Gasteiger partial charge is 0.244 e. The number of aromatic nitrogens is 1. The first-order valence-corrected chi connectivity index (χ1v) is 8.30. The van der Waals surface area contributed by atoms with Crippen LogP contribution in [0.5, 0.6) is 0 Å². The minimum Gasteiger partial charge on any atom is -0.368 e. The van der Waals surface area contributed by atoms with Gasteiger partial charge in [-0.05, 0) is 24.1 Å². The van der Waals surface area contributed by atoms with Crippen molar-refractivity contribution in [1.82, 2.24) is 9.88 Å². The Bertz CT molecular complexity index is 900. The number of carbonyl (C=O) groups excluding carboxylic acids is 2. The minimum absolute atomic E-state index is 0.199. The molecule has 3 rings (SSSR count). The molecule has 5 heteroatoms. The predicted molar refractivity (Wildman–Crippen MR) is 97.8 cm³/mol. The Morgan fingerprint density at radius 2 is 1.76 bits per heavy atom. The molecule has 128 valence electrons. The van der Waals surface area contributed by atoms with Crippen molar-refractivity contribution in [3.8, 4) is 0 Å². The lowest BCUT2D eigenvalue weighted by molar-refractivity contribution is -0.127. The number of nitrogens with one attached hydrogen (secondary N) is 1. The molecular weight excluding hydrogens is 314 g/mol. The SMILES string of the molecule is CCn1cc(CC(=O)NC(C(N)=O)c2ccccc2)c2ccccc21. The van der Waals surface area contributed by atoms with Crippen LogP contribution >= 0.6 is 0 Å². The van der Waals surface area contributed by atoms with E-state index in [4.69, 9.17) is 5.73 Å². The predicted octanol–water partition coefficient (Wildman–Crippen LogP) is 2.55. The molecule has 0 saturated carbocycles. The number of rotatable bonds is 6. The van der Waals surface area contributed by atoms with E-state index in [0.717, 1.165) is 23.0 Å². The van der Waals surface area contributed by atoms with Crippen molar-refractivity contribution in [1.29, 1.82) is 0 Å². The van der Waals surface area contributed by atoms with Gasteiger partial charge in [-0.2, -0.15) is 0 Å². The first-order chi connectivity index (χ1) is 12.1. The zero-order chi connectivity index (χ0) is 17.8. The normalized spacial score (nSPS) is 12.0. The maximum atomic E-state index is 12.5. The van der Waals surface area contributed by atoms with Gasteiger partial charge in [0.05, 0.1) is 6.42 Å². The molecule has 0 bridgehead atoms. The van der Waals surface area contributed by atoms with E-state index in [0.29, 0.717) is 5.56 Å². The first-order valence-electron chi connectivity index (χ1n) is 8.30. The molecule has 2 aromatic carbocycles. The van der Waals surface area contributed by atoms with Gasteiger partial charge in [-0.1, -0.05) is 48.5 Å². The number of nitrogens with two attached hydrogens (primary N) is 1. The summed E-state index contributed by atoms with van der Waals surface area (Å²) in [6.45, 7) is 2.89. The van der Waals surface area contributed by atoms with Crippen molar-refractivity contribution < 1.29 is 9.59 Å². The second-order valence-electron chi connectivity index (χ2n) is 5.95. The Labute approximate surface area is 146 Å². The lowest BCUT2D eigenvalue weighted by Gasteiger charge is -2.15. The number of hydrogen-bond donors (Lipinski definition) is 2. The van der Waals surface area contributed by atoms with Crippen LogP contribution in [-0.2, 0) is 22.6 Å². The van der Waals surface area contributed by atoms with Crippen molar-refractivity contribution in [3.63, 3.8) is 0 Å². The molecule has 0 spiro atoms. The third kappa shape index (κ3) is 3.55. The fourth-order valence-electron chi connectivity index (χ4n) is 3.07. The van der Waals surface area contributed by atoms with Gasteiger partial charge in [0.25, 0.3) is 0 Å². The number of nitrogens with zero attached hydrogens (tertiary/aromatic N) is 1. The van der Waals surface area contributed by atoms with Gasteiger partial charge < -0.3 is 15.6 Å². The van der Waals surface area contributed by atoms with E-state index in [1.54, 1.807) is 12.1 Å². The monoisotopic (exact) mass is 335 g/mol. The zero-order valence-corrected chi connectivity index (χ0v) is 14.1. The molecule has 5 nitrogen and oxygen atoms in total. The molecule has 3 N–H and O–H groups in total. The van der Waals surface area contributed by atoms with Crippen molar-refractivity contribution in [2.75, 3.05) is 0 Å². The molecular formula is C20H21N3O2. The summed E-state index contributed by atoms with van der Waals surface area (Å²) in [5, 5.41) is 3.80. The van der Waals surface area contributed by atoms with Gasteiger partial charge in [-0.3, -0.25) is 9.59 Å². The molecule has 0 aliphatic rings. The summed E-state index contributed by atoms with van der Waals surface area (Å²) in [6, 6.07) is 16.2. The van der Waals surface area contributed by atoms with Gasteiger partial charge in [0.15, 0.2) is 0 Å². The van der Waals surface area contributed by atoms with E-state index in [-0.39, 0.29) is 12.3 Å². The Kier molecular flexibility index (Phi) is 4.84. The number of benzene rings is 2. The van der Waals surface area contributed by atoms with Crippen molar-refractivity contribution in [3.05, 3.63) is 71.9 Å². The topological polar surface area (TPSA) is 77.1 Å². The number of amides is 2. The van der Waals surface area contributed by atoms with Gasteiger partial charge >= 0.3 is 0 Å². The van der Waals surface area contributed by atoms with Crippen LogP contribution in [0.1, 0.15) is 24.1 Å². The maximum absolute atomic E-state index is 12.5. The van der Waals surface area contributed by atoms with Crippen LogP contribution in [0.4, 0.5) is 0 Å². The summed E-state index contributed by atoms with van der Waals surface area (Å²) in [4.78, 5) is 24.3. The van der Waals surface area contributed by atoms with E-state index < -0.39 is 11.9 Å². The Morgan fingerprint density at radius 3 is 2.44 bits per heavy atom. The molecule has 1 aromatic heterocycles. The van der Waals surface area contributed by atoms with E-state index in [1.807, 2.05) is 48.7 Å². The Balaban J connectivity index is 1.81. The largest absolute Gasteiger partial charge is 0.368 e. The minimum atomic E-state index is -0.826. The van der Waals surface area contributed by atoms with Crippen molar-refractivity contribution in [2.45, 2.75) is 25.9 Å². The molecule has 1 atom stereocenters. The maximum Gasteiger partial charge on any atom is 0.244 e. The van der Waals surface area contributed by atoms with E-state index >= 15 is 0 Å². The average molecular weight is 335 g/mol. The standard InChI is InChI=1S/C20H21N3O2/c1-2-23-13-15(16-10-6-7-11-17(16)23)12-18(24)22-19(20(21)25)14-8-4-3-5-9-14/h3-11,13,19H,2,12H2,1H3,(H2,21,25)(H,22,24). The van der Waals surface area contributed by atoms with E-state index in [9.17, 15) is 9.59 Å². The van der Waals surface area contributed by atoms with Crippen LogP contribution in [0, 0.1) is 0 Å². The third-order valence-electron chi connectivity index (χ3n) is 4.29. The number of carbonyl (C=O) groups is 2. The number of aryl methyl sites for hydroxylation is 1. The summed E-state index contributed by atoms with van der Waals surface area (Å²) in [5.74, 6) is -0.804. The van der Waals surface area contributed by atoms with Gasteiger partial charge in [0.2, 0.25) is 11.8 Å². The van der Waals surface area contributed by atoms with E-state index in [2.05, 4.69) is 16.8 Å². The molecule has 3 aromatic rings. The van der Waals surface area contributed by atoms with E-state index in [1.165, 1.54) is 0 Å². The molecule has 25 heavy (non-hydrogen) atoms. The third-order valence-corrected chi connectivity index (χ3v) is 4.29. The number of primary amides is 1. The quantitative estimate of drug-likeness (QED) is 0.726. The van der Waals surface area contributed by atoms with Crippen LogP contribution in [0.25, 0.3) is 10.9 Å². The summed E-state index contributed by atoms with van der Waals surface area (Å²) in [6.07, 6.45) is 2.19. The van der Waals surface area contributed by atoms with Gasteiger partial charge in [0, 0.05) is 23.6 Å². The lowest BCUT2D eigenvalue weighted by Crippen LogP contribution is -2.38. The van der Waals surface area contributed by atoms with Gasteiger partial charge in [-0.15, -0.1) is 0 Å². The van der Waals surface area contributed by atoms with Crippen molar-refractivity contribution in [2.24, 2.45) is 5.73 Å². The second-order valence-corrected chi connectivity index (χ2v) is 5.95. The highest BCUT2D eigenvalue weighted by atomic mass is 16.2. The van der Waals surface area contributed by atoms with Crippen LogP contribution in [-0.4, -0.2) is 16.4 Å². The number of fused-ring (bicyclic) bond motifs is 1. The lowest BCUT2D eigenvalue weighted by atomic mass is 10.1. The summed E-state index contributed by atoms with van der Waals surface area (Å²) in [7, 11) is 0. The zero-order valence-electron chi connectivity index (χ0n) is 14.1. The molecule has 0 aliphatic carbocycles. The highest BCUT2D eigenvalue weighted by Gasteiger charge is 2.21. The fraction of sp³-hybridized carbons (Fsp3) is 0.200. The van der Waals surface area contributed by atoms with Crippen molar-refractivity contribution >= 4 is 22.7 Å². The molecule has 0 radical (unpaired) electrons. The molecule has 1 heterocycles. The summed E-state index contributed by atoms with van der Waals surface area (Å²) in [5.41, 5.74) is 8.18. The summed E-state index contributed by atoms with van der Waals surface area (Å²) >= 11 is 0. The molecule has 0 saturated heterocycles. The first kappa shape index (κ1) is 16.8. The van der Waals surface area contributed by atoms with Gasteiger partial charge in [0.1, 0.15) is 6.04 Å². The Morgan fingerprint density at radius 1 is 1.08 bits per heavy atom. The molecule has 0 aliphatic heterocycles. The average Bonchev–Trinajstić information content (AvgIpc) is 2.98. The highest BCUT2D eigenvalue weighted by molar-refractivity contribution is 5.92. The van der Waals surface area contributed by atoms with Crippen LogP contribution in [0.15, 0.2) is 60.8 Å². The molecule has 1 unspecified atom stereocenters. The number of para-hydroxylation sites is 1. The highest BCUT2D eigenvalue weighted by Crippen LogP contribution is 2.22.